The van der Waals surface area contributed by atoms with Crippen LogP contribution in [0, 0.1) is 13.8 Å². The SMILES string of the molecule is Cc1cccc(C)c1NC(=O)c1ccnc(C(=O)N(C)CCc2ccncc2)c1. The maximum Gasteiger partial charge on any atom is 0.272 e. The van der Waals surface area contributed by atoms with Crippen molar-refractivity contribution in [2.24, 2.45) is 0 Å². The molecule has 0 atom stereocenters. The first-order valence-corrected chi connectivity index (χ1v) is 9.43. The molecule has 148 valence electrons. The van der Waals surface area contributed by atoms with Crippen LogP contribution in [-0.4, -0.2) is 40.3 Å². The van der Waals surface area contributed by atoms with Crippen LogP contribution in [0.3, 0.4) is 0 Å². The predicted octanol–water partition coefficient (Wildman–Crippen LogP) is 3.66. The van der Waals surface area contributed by atoms with Gasteiger partial charge < -0.3 is 10.2 Å². The predicted molar refractivity (Wildman–Crippen MR) is 113 cm³/mol. The summed E-state index contributed by atoms with van der Waals surface area (Å²) in [4.78, 5) is 35.2. The van der Waals surface area contributed by atoms with Crippen LogP contribution in [0.1, 0.15) is 37.5 Å². The number of carbonyl (C=O) groups is 2. The zero-order chi connectivity index (χ0) is 20.8. The number of nitrogens with one attached hydrogen (secondary N) is 1. The van der Waals surface area contributed by atoms with Crippen LogP contribution in [0.2, 0.25) is 0 Å². The molecule has 2 aromatic heterocycles. The van der Waals surface area contributed by atoms with Gasteiger partial charge in [-0.2, -0.15) is 0 Å². The number of hydrogen-bond acceptors (Lipinski definition) is 4. The van der Waals surface area contributed by atoms with E-state index in [2.05, 4.69) is 15.3 Å². The first-order valence-electron chi connectivity index (χ1n) is 9.43. The third kappa shape index (κ3) is 5.04. The Morgan fingerprint density at radius 2 is 1.69 bits per heavy atom. The number of hydrogen-bond donors (Lipinski definition) is 1. The van der Waals surface area contributed by atoms with Gasteiger partial charge in [-0.25, -0.2) is 0 Å². The second-order valence-electron chi connectivity index (χ2n) is 6.98. The summed E-state index contributed by atoms with van der Waals surface area (Å²) in [5, 5.41) is 2.94. The summed E-state index contributed by atoms with van der Waals surface area (Å²) in [6.07, 6.45) is 5.68. The van der Waals surface area contributed by atoms with Crippen molar-refractivity contribution in [3.8, 4) is 0 Å². The fourth-order valence-corrected chi connectivity index (χ4v) is 3.03. The molecule has 0 aliphatic carbocycles. The van der Waals surface area contributed by atoms with Gasteiger partial charge in [-0.15, -0.1) is 0 Å². The summed E-state index contributed by atoms with van der Waals surface area (Å²) >= 11 is 0. The molecule has 3 rings (SSSR count). The minimum Gasteiger partial charge on any atom is -0.340 e. The molecule has 0 aliphatic rings. The van der Waals surface area contributed by atoms with Crippen LogP contribution in [0.4, 0.5) is 5.69 Å². The van der Waals surface area contributed by atoms with Crippen LogP contribution < -0.4 is 5.32 Å². The zero-order valence-corrected chi connectivity index (χ0v) is 16.8. The van der Waals surface area contributed by atoms with E-state index in [1.54, 1.807) is 30.4 Å². The molecule has 0 unspecified atom stereocenters. The monoisotopic (exact) mass is 388 g/mol. The molecule has 0 fully saturated rings. The van der Waals surface area contributed by atoms with E-state index in [4.69, 9.17) is 0 Å². The standard InChI is InChI=1S/C23H24N4O2/c1-16-5-4-6-17(2)21(16)26-22(28)19-9-13-25-20(15-19)23(29)27(3)14-10-18-7-11-24-12-8-18/h4-9,11-13,15H,10,14H2,1-3H3,(H,26,28). The first kappa shape index (κ1) is 20.2. The van der Waals surface area contributed by atoms with Gasteiger partial charge in [0.15, 0.2) is 0 Å². The Balaban J connectivity index is 1.69. The van der Waals surface area contributed by atoms with Gasteiger partial charge in [-0.3, -0.25) is 19.6 Å². The average molecular weight is 388 g/mol. The van der Waals surface area contributed by atoms with Crippen molar-refractivity contribution in [2.45, 2.75) is 20.3 Å². The highest BCUT2D eigenvalue weighted by molar-refractivity contribution is 6.06. The van der Waals surface area contributed by atoms with E-state index in [0.717, 1.165) is 28.8 Å². The van der Waals surface area contributed by atoms with Gasteiger partial charge in [0.25, 0.3) is 11.8 Å². The second kappa shape index (κ2) is 9.10. The molecule has 2 amide bonds. The van der Waals surface area contributed by atoms with E-state index >= 15 is 0 Å². The Morgan fingerprint density at radius 1 is 1.00 bits per heavy atom. The van der Waals surface area contributed by atoms with Crippen LogP contribution >= 0.6 is 0 Å². The molecule has 3 aromatic rings. The number of benzene rings is 1. The summed E-state index contributed by atoms with van der Waals surface area (Å²) < 4.78 is 0. The molecular weight excluding hydrogens is 364 g/mol. The van der Waals surface area contributed by atoms with Crippen LogP contribution in [0.15, 0.2) is 61.1 Å². The Morgan fingerprint density at radius 3 is 2.38 bits per heavy atom. The van der Waals surface area contributed by atoms with Crippen molar-refractivity contribution in [1.82, 2.24) is 14.9 Å². The molecule has 6 heteroatoms. The summed E-state index contributed by atoms with van der Waals surface area (Å²) in [7, 11) is 1.73. The Labute approximate surface area is 170 Å². The highest BCUT2D eigenvalue weighted by Gasteiger charge is 2.16. The highest BCUT2D eigenvalue weighted by Crippen LogP contribution is 2.20. The molecule has 0 radical (unpaired) electrons. The van der Waals surface area contributed by atoms with Crippen LogP contribution in [0.25, 0.3) is 0 Å². The van der Waals surface area contributed by atoms with E-state index in [1.807, 2.05) is 44.2 Å². The number of aromatic nitrogens is 2. The van der Waals surface area contributed by atoms with E-state index in [9.17, 15) is 9.59 Å². The van der Waals surface area contributed by atoms with Crippen LogP contribution in [0.5, 0.6) is 0 Å². The van der Waals surface area contributed by atoms with Crippen molar-refractivity contribution in [2.75, 3.05) is 18.9 Å². The lowest BCUT2D eigenvalue weighted by molar-refractivity contribution is 0.0791. The summed E-state index contributed by atoms with van der Waals surface area (Å²) in [6, 6.07) is 12.8. The average Bonchev–Trinajstić information content (AvgIpc) is 2.75. The summed E-state index contributed by atoms with van der Waals surface area (Å²) in [5.41, 5.74) is 4.51. The topological polar surface area (TPSA) is 75.2 Å². The lowest BCUT2D eigenvalue weighted by Crippen LogP contribution is -2.29. The van der Waals surface area contributed by atoms with Gasteiger partial charge in [-0.05, 0) is 61.2 Å². The Kier molecular flexibility index (Phi) is 6.34. The molecule has 29 heavy (non-hydrogen) atoms. The number of nitrogens with zero attached hydrogens (tertiary/aromatic N) is 3. The molecule has 0 bridgehead atoms. The molecular formula is C23H24N4O2. The molecule has 0 saturated heterocycles. The number of amides is 2. The van der Waals surface area contributed by atoms with Crippen LogP contribution in [-0.2, 0) is 6.42 Å². The van der Waals surface area contributed by atoms with E-state index in [-0.39, 0.29) is 17.5 Å². The van der Waals surface area contributed by atoms with E-state index in [1.165, 1.54) is 12.3 Å². The van der Waals surface area contributed by atoms with Gasteiger partial charge in [0.2, 0.25) is 0 Å². The molecule has 0 spiro atoms. The number of anilines is 1. The van der Waals surface area contributed by atoms with Crippen molar-refractivity contribution >= 4 is 17.5 Å². The van der Waals surface area contributed by atoms with Crippen molar-refractivity contribution < 1.29 is 9.59 Å². The maximum absolute atomic E-state index is 12.7. The number of carbonyl (C=O) groups excluding carboxylic acids is 2. The van der Waals surface area contributed by atoms with Gasteiger partial charge in [0, 0.05) is 43.4 Å². The van der Waals surface area contributed by atoms with E-state index < -0.39 is 0 Å². The zero-order valence-electron chi connectivity index (χ0n) is 16.8. The first-order chi connectivity index (χ1) is 14.0. The van der Waals surface area contributed by atoms with Gasteiger partial charge in [0.05, 0.1) is 0 Å². The van der Waals surface area contributed by atoms with Crippen molar-refractivity contribution in [1.29, 1.82) is 0 Å². The Bertz CT molecular complexity index is 998. The summed E-state index contributed by atoms with van der Waals surface area (Å²) in [6.45, 7) is 4.44. The van der Waals surface area contributed by atoms with Crippen molar-refractivity contribution in [3.63, 3.8) is 0 Å². The number of pyridine rings is 2. The quantitative estimate of drug-likeness (QED) is 0.699. The number of rotatable bonds is 6. The molecule has 0 saturated carbocycles. The maximum atomic E-state index is 12.7. The number of aryl methyl sites for hydroxylation is 2. The molecule has 0 aliphatic heterocycles. The third-order valence-electron chi connectivity index (χ3n) is 4.79. The minimum atomic E-state index is -0.265. The number of likely N-dealkylation sites (N-methyl/N-ethyl adjacent to an activating group) is 1. The fraction of sp³-hybridized carbons (Fsp3) is 0.217. The molecule has 1 N–H and O–H groups in total. The third-order valence-corrected chi connectivity index (χ3v) is 4.79. The lowest BCUT2D eigenvalue weighted by atomic mass is 10.1. The van der Waals surface area contributed by atoms with E-state index in [0.29, 0.717) is 12.1 Å². The highest BCUT2D eigenvalue weighted by atomic mass is 16.2. The molecule has 1 aromatic carbocycles. The molecule has 6 nitrogen and oxygen atoms in total. The van der Waals surface area contributed by atoms with Gasteiger partial charge in [-0.1, -0.05) is 18.2 Å². The second-order valence-corrected chi connectivity index (χ2v) is 6.98. The number of para-hydroxylation sites is 1. The largest absolute Gasteiger partial charge is 0.340 e. The fourth-order valence-electron chi connectivity index (χ4n) is 3.03. The molecule has 2 heterocycles. The van der Waals surface area contributed by atoms with Gasteiger partial charge in [0.1, 0.15) is 5.69 Å². The minimum absolute atomic E-state index is 0.222. The normalized spacial score (nSPS) is 10.4. The summed E-state index contributed by atoms with van der Waals surface area (Å²) in [5.74, 6) is -0.487. The van der Waals surface area contributed by atoms with Gasteiger partial charge >= 0.3 is 0 Å². The van der Waals surface area contributed by atoms with Crippen molar-refractivity contribution in [3.05, 3.63) is 89.0 Å². The smallest absolute Gasteiger partial charge is 0.272 e. The lowest BCUT2D eigenvalue weighted by Gasteiger charge is -2.17. The Hall–Kier alpha value is -3.54.